The second-order valence-corrected chi connectivity index (χ2v) is 5.83. The number of benzene rings is 1. The minimum Gasteiger partial charge on any atom is -0.508 e. The molecule has 0 bridgehead atoms. The Labute approximate surface area is 143 Å². The van der Waals surface area contributed by atoms with Gasteiger partial charge in [-0.1, -0.05) is 19.1 Å². The fourth-order valence-corrected chi connectivity index (χ4v) is 2.68. The van der Waals surface area contributed by atoms with Gasteiger partial charge in [-0.15, -0.1) is 15.3 Å². The third-order valence-corrected chi connectivity index (χ3v) is 4.14. The van der Waals surface area contributed by atoms with Crippen molar-refractivity contribution in [1.82, 2.24) is 29.6 Å². The van der Waals surface area contributed by atoms with E-state index in [4.69, 9.17) is 0 Å². The lowest BCUT2D eigenvalue weighted by Gasteiger charge is -2.11. The van der Waals surface area contributed by atoms with Crippen LogP contribution in [-0.4, -0.2) is 34.7 Å². The largest absolute Gasteiger partial charge is 0.508 e. The van der Waals surface area contributed by atoms with Crippen molar-refractivity contribution >= 4 is 17.3 Å². The average Bonchev–Trinajstić information content (AvgIpc) is 3.21. The van der Waals surface area contributed by atoms with Crippen molar-refractivity contribution in [3.63, 3.8) is 0 Å². The molecule has 0 radical (unpaired) electrons. The van der Waals surface area contributed by atoms with Gasteiger partial charge in [0.15, 0.2) is 17.3 Å². The summed E-state index contributed by atoms with van der Waals surface area (Å²) in [6.07, 6.45) is 1.72. The Balaban J connectivity index is 1.71. The topological polar surface area (TPSA) is 93.2 Å². The summed E-state index contributed by atoms with van der Waals surface area (Å²) in [5, 5.41) is 29.9. The van der Waals surface area contributed by atoms with Gasteiger partial charge in [0.05, 0.1) is 6.20 Å². The number of phenols is 1. The monoisotopic (exact) mass is 335 g/mol. The van der Waals surface area contributed by atoms with E-state index in [0.29, 0.717) is 11.5 Å². The van der Waals surface area contributed by atoms with Gasteiger partial charge in [0, 0.05) is 19.0 Å². The highest BCUT2D eigenvalue weighted by Gasteiger charge is 2.17. The minimum absolute atomic E-state index is 0.0185. The Morgan fingerprint density at radius 3 is 2.56 bits per heavy atom. The summed E-state index contributed by atoms with van der Waals surface area (Å²) in [6.45, 7) is 2.03. The maximum atomic E-state index is 9.46. The number of rotatable bonds is 4. The molecule has 3 aromatic heterocycles. The molecule has 0 aliphatic rings. The summed E-state index contributed by atoms with van der Waals surface area (Å²) in [4.78, 5) is 0. The fraction of sp³-hybridized carbons (Fsp3) is 0.176. The molecule has 4 aromatic rings. The number of hydrogen-bond donors (Lipinski definition) is 2. The standard InChI is InChI=1S/C17H17N7O/c1-11(12-3-5-13(25)6-4-12)17-21-20-16-8-7-14(22-24(16)17)19-15-9-10-18-23(15)2/h3-11,25H,1-2H3,(H,19,22)/t11-/m0/s1. The van der Waals surface area contributed by atoms with Crippen LogP contribution in [0.25, 0.3) is 5.65 Å². The summed E-state index contributed by atoms with van der Waals surface area (Å²) >= 11 is 0. The third kappa shape index (κ3) is 2.78. The highest BCUT2D eigenvalue weighted by atomic mass is 16.3. The molecule has 0 saturated heterocycles. The van der Waals surface area contributed by atoms with E-state index >= 15 is 0 Å². The number of aromatic nitrogens is 6. The van der Waals surface area contributed by atoms with E-state index in [0.717, 1.165) is 17.2 Å². The maximum Gasteiger partial charge on any atom is 0.178 e. The van der Waals surface area contributed by atoms with Gasteiger partial charge in [-0.3, -0.25) is 4.68 Å². The SMILES string of the molecule is C[C@@H](c1ccc(O)cc1)c1nnc2ccc(Nc3ccnn3C)nn12. The van der Waals surface area contributed by atoms with Crippen molar-refractivity contribution < 1.29 is 5.11 Å². The molecule has 4 rings (SSSR count). The van der Waals surface area contributed by atoms with E-state index < -0.39 is 0 Å². The molecule has 0 aliphatic carbocycles. The van der Waals surface area contributed by atoms with Crippen LogP contribution in [0, 0.1) is 0 Å². The lowest BCUT2D eigenvalue weighted by atomic mass is 10.0. The Kier molecular flexibility index (Phi) is 3.57. The third-order valence-electron chi connectivity index (χ3n) is 4.14. The zero-order valence-electron chi connectivity index (χ0n) is 13.8. The van der Waals surface area contributed by atoms with Gasteiger partial charge >= 0.3 is 0 Å². The van der Waals surface area contributed by atoms with Crippen LogP contribution < -0.4 is 5.32 Å². The summed E-state index contributed by atoms with van der Waals surface area (Å²) in [5.74, 6) is 2.47. The van der Waals surface area contributed by atoms with Gasteiger partial charge in [0.25, 0.3) is 0 Å². The van der Waals surface area contributed by atoms with E-state index in [1.807, 2.05) is 44.3 Å². The van der Waals surface area contributed by atoms with Crippen LogP contribution in [0.3, 0.4) is 0 Å². The van der Waals surface area contributed by atoms with E-state index in [1.165, 1.54) is 0 Å². The van der Waals surface area contributed by atoms with E-state index in [1.54, 1.807) is 27.5 Å². The predicted molar refractivity (Wildman–Crippen MR) is 92.9 cm³/mol. The maximum absolute atomic E-state index is 9.46. The first-order valence-corrected chi connectivity index (χ1v) is 7.88. The summed E-state index contributed by atoms with van der Waals surface area (Å²) in [5.41, 5.74) is 1.70. The molecule has 126 valence electrons. The van der Waals surface area contributed by atoms with Gasteiger partial charge in [-0.25, -0.2) is 0 Å². The molecule has 2 N–H and O–H groups in total. The smallest absolute Gasteiger partial charge is 0.178 e. The average molecular weight is 335 g/mol. The van der Waals surface area contributed by atoms with Crippen LogP contribution in [0.2, 0.25) is 0 Å². The van der Waals surface area contributed by atoms with Crippen LogP contribution >= 0.6 is 0 Å². The van der Waals surface area contributed by atoms with E-state index in [9.17, 15) is 5.11 Å². The normalized spacial score (nSPS) is 12.4. The summed E-state index contributed by atoms with van der Waals surface area (Å²) < 4.78 is 3.47. The minimum atomic E-state index is -0.0185. The molecule has 0 saturated carbocycles. The first-order valence-electron chi connectivity index (χ1n) is 7.88. The highest BCUT2D eigenvalue weighted by molar-refractivity contribution is 5.53. The fourth-order valence-electron chi connectivity index (χ4n) is 2.68. The number of nitrogens with zero attached hydrogens (tertiary/aromatic N) is 6. The molecular formula is C17H17N7O. The number of anilines is 2. The predicted octanol–water partition coefficient (Wildman–Crippen LogP) is 2.46. The van der Waals surface area contributed by atoms with Crippen molar-refractivity contribution in [2.75, 3.05) is 5.32 Å². The molecule has 1 aromatic carbocycles. The molecule has 0 unspecified atom stereocenters. The molecule has 3 heterocycles. The summed E-state index contributed by atoms with van der Waals surface area (Å²) in [6, 6.07) is 12.7. The van der Waals surface area contributed by atoms with Gasteiger partial charge in [0.1, 0.15) is 11.6 Å². The van der Waals surface area contributed by atoms with Gasteiger partial charge < -0.3 is 10.4 Å². The lowest BCUT2D eigenvalue weighted by Crippen LogP contribution is -2.07. The van der Waals surface area contributed by atoms with Crippen LogP contribution in [-0.2, 0) is 7.05 Å². The quantitative estimate of drug-likeness (QED) is 0.595. The molecule has 0 amide bonds. The van der Waals surface area contributed by atoms with Crippen molar-refractivity contribution in [1.29, 1.82) is 0 Å². The molecule has 25 heavy (non-hydrogen) atoms. The molecule has 8 nitrogen and oxygen atoms in total. The Hall–Kier alpha value is -3.42. The number of phenolic OH excluding ortho intramolecular Hbond substituents is 1. The molecule has 0 aliphatic heterocycles. The van der Waals surface area contributed by atoms with Crippen molar-refractivity contribution in [3.8, 4) is 5.75 Å². The van der Waals surface area contributed by atoms with Crippen LogP contribution in [0.4, 0.5) is 11.6 Å². The Bertz CT molecular complexity index is 1020. The second kappa shape index (κ2) is 5.90. The molecule has 0 spiro atoms. The van der Waals surface area contributed by atoms with Crippen LogP contribution in [0.1, 0.15) is 24.2 Å². The van der Waals surface area contributed by atoms with Crippen LogP contribution in [0.5, 0.6) is 5.75 Å². The van der Waals surface area contributed by atoms with Crippen molar-refractivity contribution in [3.05, 3.63) is 60.0 Å². The molecule has 8 heteroatoms. The van der Waals surface area contributed by atoms with Gasteiger partial charge in [-0.05, 0) is 29.8 Å². The number of aromatic hydroxyl groups is 1. The lowest BCUT2D eigenvalue weighted by molar-refractivity contribution is 0.475. The Morgan fingerprint density at radius 2 is 1.84 bits per heavy atom. The second-order valence-electron chi connectivity index (χ2n) is 5.83. The Morgan fingerprint density at radius 1 is 1.04 bits per heavy atom. The zero-order chi connectivity index (χ0) is 17.4. The zero-order valence-corrected chi connectivity index (χ0v) is 13.8. The highest BCUT2D eigenvalue weighted by Crippen LogP contribution is 2.25. The summed E-state index contributed by atoms with van der Waals surface area (Å²) in [7, 11) is 1.86. The van der Waals surface area contributed by atoms with E-state index in [2.05, 4.69) is 25.7 Å². The number of fused-ring (bicyclic) bond motifs is 1. The molecular weight excluding hydrogens is 318 g/mol. The first-order chi connectivity index (χ1) is 12.1. The molecule has 1 atom stereocenters. The number of hydrogen-bond acceptors (Lipinski definition) is 6. The van der Waals surface area contributed by atoms with Crippen LogP contribution in [0.15, 0.2) is 48.7 Å². The number of nitrogens with one attached hydrogen (secondary N) is 1. The molecule has 0 fully saturated rings. The first kappa shape index (κ1) is 15.1. The number of aryl methyl sites for hydroxylation is 1. The van der Waals surface area contributed by atoms with E-state index in [-0.39, 0.29) is 11.7 Å². The van der Waals surface area contributed by atoms with Crippen molar-refractivity contribution in [2.24, 2.45) is 7.05 Å². The van der Waals surface area contributed by atoms with Gasteiger partial charge in [-0.2, -0.15) is 9.61 Å². The van der Waals surface area contributed by atoms with Gasteiger partial charge in [0.2, 0.25) is 0 Å². The van der Waals surface area contributed by atoms with Crippen molar-refractivity contribution in [2.45, 2.75) is 12.8 Å².